The maximum Gasteiger partial charge on any atom is 0.326 e. The lowest BCUT2D eigenvalue weighted by molar-refractivity contribution is -0.142. The molecule has 204 valence electrons. The molecule has 0 radical (unpaired) electrons. The van der Waals surface area contributed by atoms with Crippen molar-refractivity contribution in [2.24, 2.45) is 11.7 Å². The van der Waals surface area contributed by atoms with E-state index in [1.807, 2.05) is 37.4 Å². The predicted octanol–water partition coefficient (Wildman–Crippen LogP) is 1.31. The number of thioether (sulfide) groups is 1. The number of rotatable bonds is 15. The number of nitrogens with one attached hydrogen (secondary N) is 4. The number of carbonyl (C=O) groups excluding carboxylic acids is 3. The second-order valence-corrected chi connectivity index (χ2v) is 10.3. The molecular formula is C25H37N5O5S2. The lowest BCUT2D eigenvalue weighted by Gasteiger charge is -2.28. The Morgan fingerprint density at radius 1 is 1.08 bits per heavy atom. The number of thiol groups is 1. The number of H-pyrrole nitrogens is 1. The molecule has 1 aromatic heterocycles. The average Bonchev–Trinajstić information content (AvgIpc) is 3.30. The molecule has 1 aromatic carbocycles. The van der Waals surface area contributed by atoms with Crippen molar-refractivity contribution in [3.05, 3.63) is 36.0 Å². The zero-order chi connectivity index (χ0) is 27.5. The summed E-state index contributed by atoms with van der Waals surface area (Å²) in [4.78, 5) is 53.9. The molecule has 0 saturated heterocycles. The first-order valence-electron chi connectivity index (χ1n) is 12.2. The van der Waals surface area contributed by atoms with Gasteiger partial charge in [-0.25, -0.2) is 4.79 Å². The minimum atomic E-state index is -1.20. The average molecular weight is 552 g/mol. The molecule has 3 amide bonds. The first-order chi connectivity index (χ1) is 17.6. The number of aromatic amines is 1. The highest BCUT2D eigenvalue weighted by molar-refractivity contribution is 7.98. The highest BCUT2D eigenvalue weighted by Gasteiger charge is 2.32. The summed E-state index contributed by atoms with van der Waals surface area (Å²) in [7, 11) is 0. The molecule has 7 N–H and O–H groups in total. The van der Waals surface area contributed by atoms with Crippen molar-refractivity contribution in [1.29, 1.82) is 0 Å². The van der Waals surface area contributed by atoms with Crippen LogP contribution in [0.3, 0.4) is 0 Å². The number of nitrogens with two attached hydrogens (primary N) is 1. The molecule has 10 nitrogen and oxygen atoms in total. The zero-order valence-electron chi connectivity index (χ0n) is 21.3. The Labute approximate surface area is 226 Å². The predicted molar refractivity (Wildman–Crippen MR) is 150 cm³/mol. The second kappa shape index (κ2) is 14.9. The lowest BCUT2D eigenvalue weighted by atomic mass is 9.96. The van der Waals surface area contributed by atoms with Gasteiger partial charge >= 0.3 is 5.97 Å². The summed E-state index contributed by atoms with van der Waals surface area (Å²) in [5.74, 6) is -2.39. The van der Waals surface area contributed by atoms with Crippen LogP contribution in [0.25, 0.3) is 10.9 Å². The quantitative estimate of drug-likeness (QED) is 0.164. The van der Waals surface area contributed by atoms with E-state index in [0.29, 0.717) is 18.6 Å². The van der Waals surface area contributed by atoms with E-state index >= 15 is 0 Å². The Bertz CT molecular complexity index is 1080. The topological polar surface area (TPSA) is 166 Å². The largest absolute Gasteiger partial charge is 0.480 e. The smallest absolute Gasteiger partial charge is 0.326 e. The van der Waals surface area contributed by atoms with Crippen LogP contribution in [0.2, 0.25) is 0 Å². The monoisotopic (exact) mass is 551 g/mol. The minimum Gasteiger partial charge on any atom is -0.480 e. The van der Waals surface area contributed by atoms with Gasteiger partial charge in [-0.15, -0.1) is 0 Å². The number of aromatic nitrogens is 1. The van der Waals surface area contributed by atoms with Gasteiger partial charge < -0.3 is 31.8 Å². The van der Waals surface area contributed by atoms with E-state index < -0.39 is 47.9 Å². The summed E-state index contributed by atoms with van der Waals surface area (Å²) >= 11 is 5.54. The molecule has 2 aromatic rings. The Morgan fingerprint density at radius 3 is 2.38 bits per heavy atom. The van der Waals surface area contributed by atoms with E-state index in [-0.39, 0.29) is 18.1 Å². The van der Waals surface area contributed by atoms with Crippen molar-refractivity contribution < 1.29 is 24.3 Å². The molecule has 0 bridgehead atoms. The number of aliphatic carboxylic acids is 1. The van der Waals surface area contributed by atoms with Gasteiger partial charge in [0.05, 0.1) is 6.04 Å². The second-order valence-electron chi connectivity index (χ2n) is 8.97. The van der Waals surface area contributed by atoms with Gasteiger partial charge in [-0.2, -0.15) is 24.4 Å². The van der Waals surface area contributed by atoms with E-state index in [9.17, 15) is 24.3 Å². The molecule has 37 heavy (non-hydrogen) atoms. The molecule has 1 heterocycles. The fraction of sp³-hybridized carbons (Fsp3) is 0.520. The number of para-hydroxylation sites is 1. The van der Waals surface area contributed by atoms with Gasteiger partial charge in [0, 0.05) is 29.3 Å². The third-order valence-corrected chi connectivity index (χ3v) is 7.32. The van der Waals surface area contributed by atoms with Gasteiger partial charge in [-0.3, -0.25) is 14.4 Å². The van der Waals surface area contributed by atoms with Gasteiger partial charge in [0.2, 0.25) is 17.7 Å². The molecule has 0 fully saturated rings. The maximum atomic E-state index is 13.3. The number of carbonyl (C=O) groups is 4. The maximum absolute atomic E-state index is 13.3. The number of carboxylic acid groups (broad SMARTS) is 1. The van der Waals surface area contributed by atoms with Gasteiger partial charge in [0.1, 0.15) is 18.1 Å². The van der Waals surface area contributed by atoms with E-state index in [0.717, 1.165) is 16.5 Å². The highest BCUT2D eigenvalue weighted by Crippen LogP contribution is 2.19. The van der Waals surface area contributed by atoms with Crippen LogP contribution >= 0.6 is 24.4 Å². The fourth-order valence-corrected chi connectivity index (χ4v) is 4.44. The number of benzene rings is 1. The number of carboxylic acids is 1. The van der Waals surface area contributed by atoms with E-state index in [1.54, 1.807) is 13.1 Å². The van der Waals surface area contributed by atoms with Crippen molar-refractivity contribution in [3.8, 4) is 0 Å². The number of hydrogen-bond acceptors (Lipinski definition) is 7. The summed E-state index contributed by atoms with van der Waals surface area (Å²) in [5, 5.41) is 18.7. The molecular weight excluding hydrogens is 514 g/mol. The van der Waals surface area contributed by atoms with Crippen LogP contribution < -0.4 is 21.7 Å². The third-order valence-electron chi connectivity index (χ3n) is 6.28. The van der Waals surface area contributed by atoms with Crippen LogP contribution in [-0.4, -0.2) is 75.7 Å². The first kappa shape index (κ1) is 30.5. The van der Waals surface area contributed by atoms with Crippen LogP contribution in [0, 0.1) is 5.92 Å². The molecule has 0 aliphatic carbocycles. The SMILES string of the molecule is CCC(C)C(NC(=O)C(CCSC)NC(=O)C(N)CS)C(=O)NC(Cc1c[nH]c2ccccc12)C(=O)O. The van der Waals surface area contributed by atoms with Crippen LogP contribution in [0.15, 0.2) is 30.5 Å². The first-order valence-corrected chi connectivity index (χ1v) is 14.2. The lowest BCUT2D eigenvalue weighted by Crippen LogP contribution is -2.59. The van der Waals surface area contributed by atoms with Crippen LogP contribution in [0.5, 0.6) is 0 Å². The normalized spacial score (nSPS) is 15.3. The molecule has 5 unspecified atom stereocenters. The number of hydrogen-bond donors (Lipinski definition) is 7. The van der Waals surface area contributed by atoms with Crippen molar-refractivity contribution in [3.63, 3.8) is 0 Å². The molecule has 0 aliphatic heterocycles. The van der Waals surface area contributed by atoms with Gasteiger partial charge in [-0.05, 0) is 36.0 Å². The van der Waals surface area contributed by atoms with E-state index in [4.69, 9.17) is 5.73 Å². The third kappa shape index (κ3) is 8.68. The summed E-state index contributed by atoms with van der Waals surface area (Å²) < 4.78 is 0. The summed E-state index contributed by atoms with van der Waals surface area (Å²) in [6.45, 7) is 3.67. The van der Waals surface area contributed by atoms with Crippen molar-refractivity contribution in [2.45, 2.75) is 57.3 Å². The van der Waals surface area contributed by atoms with Gasteiger partial charge in [0.15, 0.2) is 0 Å². The van der Waals surface area contributed by atoms with Crippen LogP contribution in [-0.2, 0) is 25.6 Å². The van der Waals surface area contributed by atoms with Crippen molar-refractivity contribution >= 4 is 59.0 Å². The fourth-order valence-electron chi connectivity index (χ4n) is 3.80. The van der Waals surface area contributed by atoms with Crippen molar-refractivity contribution in [1.82, 2.24) is 20.9 Å². The number of fused-ring (bicyclic) bond motifs is 1. The summed E-state index contributed by atoms with van der Waals surface area (Å²) in [6.07, 6.45) is 4.58. The van der Waals surface area contributed by atoms with E-state index in [1.165, 1.54) is 11.8 Å². The van der Waals surface area contributed by atoms with E-state index in [2.05, 4.69) is 33.6 Å². The molecule has 2 rings (SSSR count). The molecule has 12 heteroatoms. The summed E-state index contributed by atoms with van der Waals surface area (Å²) in [5.41, 5.74) is 7.37. The standard InChI is InChI=1S/C25H37N5O5S2/c1-4-14(2)21(30-23(32)19(9-10-37-3)28-22(31)17(26)13-36)24(33)29-20(25(34)35)11-15-12-27-18-8-6-5-7-16(15)18/h5-8,12,14,17,19-21,27,36H,4,9-11,13,26H2,1-3H3,(H,28,31)(H,29,33)(H,30,32)(H,34,35). The number of amides is 3. The highest BCUT2D eigenvalue weighted by atomic mass is 32.2. The van der Waals surface area contributed by atoms with Crippen LogP contribution in [0.4, 0.5) is 0 Å². The Kier molecular flexibility index (Phi) is 12.3. The molecule has 0 aliphatic rings. The molecule has 5 atom stereocenters. The Hall–Kier alpha value is -2.70. The van der Waals surface area contributed by atoms with Gasteiger partial charge in [0.25, 0.3) is 0 Å². The van der Waals surface area contributed by atoms with Crippen LogP contribution in [0.1, 0.15) is 32.3 Å². The zero-order valence-corrected chi connectivity index (χ0v) is 23.0. The van der Waals surface area contributed by atoms with Crippen molar-refractivity contribution in [2.75, 3.05) is 17.8 Å². The minimum absolute atomic E-state index is 0.0697. The molecule has 0 spiro atoms. The Balaban J connectivity index is 2.18. The Morgan fingerprint density at radius 2 is 1.76 bits per heavy atom. The molecule has 0 saturated carbocycles. The van der Waals surface area contributed by atoms with Gasteiger partial charge in [-0.1, -0.05) is 38.5 Å². The summed E-state index contributed by atoms with van der Waals surface area (Å²) in [6, 6.07) is 3.54.